The van der Waals surface area contributed by atoms with E-state index in [0.29, 0.717) is 92.5 Å². The van der Waals surface area contributed by atoms with Gasteiger partial charge in [0.05, 0.1) is 119 Å². The Bertz CT molecular complexity index is 897. The average Bonchev–Trinajstić information content (AvgIpc) is 3.08. The molecule has 0 saturated carbocycles. The predicted molar refractivity (Wildman–Crippen MR) is 168 cm³/mol. The second kappa shape index (κ2) is 29.5. The number of rotatable bonds is 31. The van der Waals surface area contributed by atoms with E-state index in [2.05, 4.69) is 0 Å². The second-order valence-corrected chi connectivity index (χ2v) is 9.69. The molecule has 12 heteroatoms. The van der Waals surface area contributed by atoms with E-state index in [0.717, 1.165) is 11.1 Å². The summed E-state index contributed by atoms with van der Waals surface area (Å²) in [6.07, 6.45) is -0.121. The topological polar surface area (TPSA) is 126 Å². The van der Waals surface area contributed by atoms with Crippen LogP contribution in [0.5, 0.6) is 0 Å². The highest BCUT2D eigenvalue weighted by atomic mass is 16.6. The Morgan fingerprint density at radius 2 is 0.609 bits per heavy atom. The molecule has 0 aliphatic heterocycles. The van der Waals surface area contributed by atoms with Gasteiger partial charge in [-0.15, -0.1) is 0 Å². The van der Waals surface area contributed by atoms with Crippen molar-refractivity contribution in [2.45, 2.75) is 26.1 Å². The lowest BCUT2D eigenvalue weighted by Gasteiger charge is -2.09. The fourth-order valence-electron chi connectivity index (χ4n) is 3.63. The maximum atomic E-state index is 11.8. The molecule has 12 nitrogen and oxygen atoms in total. The summed E-state index contributed by atoms with van der Waals surface area (Å²) in [7, 11) is 0. The van der Waals surface area contributed by atoms with Crippen molar-refractivity contribution in [1.29, 1.82) is 0 Å². The summed E-state index contributed by atoms with van der Waals surface area (Å²) in [6.45, 7) is 7.31. The van der Waals surface area contributed by atoms with Crippen LogP contribution >= 0.6 is 0 Å². The number of carbonyl (C=O) groups is 2. The molecule has 0 aliphatic carbocycles. The number of ether oxygens (including phenoxy) is 10. The molecular formula is C34H50O12. The highest BCUT2D eigenvalue weighted by Crippen LogP contribution is 2.01. The Hall–Kier alpha value is -2.94. The lowest BCUT2D eigenvalue weighted by Crippen LogP contribution is -2.16. The summed E-state index contributed by atoms with van der Waals surface area (Å²) in [6, 6.07) is 19.9. The maximum absolute atomic E-state index is 11.8. The standard InChI is InChI=1S/C34H50O12/c35-33(45-27-25-41-19-17-37-13-15-39-21-23-43-29-31-7-3-1-4-8-31)11-12-34(36)46-28-26-42-20-18-38-14-16-40-22-24-44-30-32-9-5-2-6-10-32/h1-10H,11-30H2. The number of benzene rings is 2. The van der Waals surface area contributed by atoms with Crippen molar-refractivity contribution in [3.05, 3.63) is 71.8 Å². The van der Waals surface area contributed by atoms with E-state index < -0.39 is 11.9 Å². The van der Waals surface area contributed by atoms with Gasteiger partial charge in [-0.05, 0) is 11.1 Å². The first-order chi connectivity index (χ1) is 22.7. The highest BCUT2D eigenvalue weighted by molar-refractivity contribution is 5.77. The van der Waals surface area contributed by atoms with Crippen molar-refractivity contribution in [3.8, 4) is 0 Å². The minimum atomic E-state index is -0.487. The summed E-state index contributed by atoms with van der Waals surface area (Å²) in [5, 5.41) is 0. The summed E-state index contributed by atoms with van der Waals surface area (Å²) in [5.74, 6) is -0.974. The maximum Gasteiger partial charge on any atom is 0.306 e. The molecule has 0 fully saturated rings. The van der Waals surface area contributed by atoms with Gasteiger partial charge >= 0.3 is 11.9 Å². The van der Waals surface area contributed by atoms with E-state index in [1.807, 2.05) is 60.7 Å². The minimum absolute atomic E-state index is 0.0604. The molecule has 0 bridgehead atoms. The third kappa shape index (κ3) is 24.3. The molecule has 0 radical (unpaired) electrons. The number of esters is 2. The van der Waals surface area contributed by atoms with Crippen LogP contribution in [0.1, 0.15) is 24.0 Å². The van der Waals surface area contributed by atoms with Gasteiger partial charge in [0.1, 0.15) is 13.2 Å². The van der Waals surface area contributed by atoms with Crippen molar-refractivity contribution >= 4 is 11.9 Å². The Balaban J connectivity index is 1.22. The summed E-state index contributed by atoms with van der Waals surface area (Å²) in [5.41, 5.74) is 2.26. The Kier molecular flexibility index (Phi) is 25.1. The van der Waals surface area contributed by atoms with Crippen LogP contribution < -0.4 is 0 Å². The normalized spacial score (nSPS) is 11.0. The SMILES string of the molecule is O=C(CCC(=O)OCCOCCOCCOCCOCc1ccccc1)OCCOCCOCCOCCOCc1ccccc1. The Morgan fingerprint density at radius 1 is 0.348 bits per heavy atom. The van der Waals surface area contributed by atoms with E-state index >= 15 is 0 Å². The van der Waals surface area contributed by atoms with E-state index in [1.165, 1.54) is 0 Å². The van der Waals surface area contributed by atoms with Crippen molar-refractivity contribution in [1.82, 2.24) is 0 Å². The monoisotopic (exact) mass is 650 g/mol. The zero-order chi connectivity index (χ0) is 32.6. The number of hydrogen-bond donors (Lipinski definition) is 0. The molecule has 0 saturated heterocycles. The molecule has 2 aromatic rings. The van der Waals surface area contributed by atoms with Gasteiger partial charge in [-0.25, -0.2) is 0 Å². The average molecular weight is 651 g/mol. The lowest BCUT2D eigenvalue weighted by atomic mass is 10.2. The highest BCUT2D eigenvalue weighted by Gasteiger charge is 2.09. The van der Waals surface area contributed by atoms with E-state index in [9.17, 15) is 9.59 Å². The van der Waals surface area contributed by atoms with Crippen molar-refractivity contribution in [2.24, 2.45) is 0 Å². The smallest absolute Gasteiger partial charge is 0.306 e. The molecule has 2 rings (SSSR count). The Morgan fingerprint density at radius 3 is 0.913 bits per heavy atom. The molecule has 0 aliphatic rings. The lowest BCUT2D eigenvalue weighted by molar-refractivity contribution is -0.152. The van der Waals surface area contributed by atoms with Gasteiger partial charge < -0.3 is 47.4 Å². The van der Waals surface area contributed by atoms with Crippen LogP contribution in [0, 0.1) is 0 Å². The molecule has 0 aromatic heterocycles. The van der Waals surface area contributed by atoms with Crippen LogP contribution in [0.15, 0.2) is 60.7 Å². The minimum Gasteiger partial charge on any atom is -0.463 e. The molecule has 46 heavy (non-hydrogen) atoms. The van der Waals surface area contributed by atoms with Crippen LogP contribution in [0.4, 0.5) is 0 Å². The number of hydrogen-bond acceptors (Lipinski definition) is 12. The summed E-state index contributed by atoms with van der Waals surface area (Å²) < 4.78 is 53.7. The van der Waals surface area contributed by atoms with Crippen LogP contribution in [0.25, 0.3) is 0 Å². The fourth-order valence-corrected chi connectivity index (χ4v) is 3.63. The molecule has 258 valence electrons. The van der Waals surface area contributed by atoms with Gasteiger partial charge in [0, 0.05) is 0 Å². The van der Waals surface area contributed by atoms with Gasteiger partial charge in [-0.1, -0.05) is 60.7 Å². The van der Waals surface area contributed by atoms with Crippen molar-refractivity contribution in [2.75, 3.05) is 106 Å². The molecule has 0 N–H and O–H groups in total. The molecule has 0 spiro atoms. The van der Waals surface area contributed by atoms with Gasteiger partial charge in [-0.3, -0.25) is 9.59 Å². The molecule has 0 unspecified atom stereocenters. The third-order valence-corrected chi connectivity index (χ3v) is 5.97. The Labute approximate surface area is 272 Å². The van der Waals surface area contributed by atoms with E-state index in [-0.39, 0.29) is 39.3 Å². The molecular weight excluding hydrogens is 600 g/mol. The van der Waals surface area contributed by atoms with Gasteiger partial charge in [0.2, 0.25) is 0 Å². The van der Waals surface area contributed by atoms with Gasteiger partial charge in [-0.2, -0.15) is 0 Å². The van der Waals surface area contributed by atoms with Crippen LogP contribution in [-0.4, -0.2) is 118 Å². The first-order valence-corrected chi connectivity index (χ1v) is 15.7. The van der Waals surface area contributed by atoms with E-state index in [4.69, 9.17) is 47.4 Å². The molecule has 2 aromatic carbocycles. The fraction of sp³-hybridized carbons (Fsp3) is 0.588. The second-order valence-electron chi connectivity index (χ2n) is 9.69. The van der Waals surface area contributed by atoms with Gasteiger partial charge in [0.25, 0.3) is 0 Å². The van der Waals surface area contributed by atoms with Crippen molar-refractivity contribution < 1.29 is 57.0 Å². The van der Waals surface area contributed by atoms with E-state index in [1.54, 1.807) is 0 Å². The quantitative estimate of drug-likeness (QED) is 0.0877. The zero-order valence-corrected chi connectivity index (χ0v) is 26.8. The first kappa shape index (κ1) is 39.2. The molecule has 0 heterocycles. The van der Waals surface area contributed by atoms with Crippen LogP contribution in [0.2, 0.25) is 0 Å². The van der Waals surface area contributed by atoms with Crippen LogP contribution in [-0.2, 0) is 70.2 Å². The summed E-state index contributed by atoms with van der Waals surface area (Å²) >= 11 is 0. The molecule has 0 amide bonds. The first-order valence-electron chi connectivity index (χ1n) is 15.7. The third-order valence-electron chi connectivity index (χ3n) is 5.97. The van der Waals surface area contributed by atoms with Crippen molar-refractivity contribution in [3.63, 3.8) is 0 Å². The predicted octanol–water partition coefficient (Wildman–Crippen LogP) is 3.39. The van der Waals surface area contributed by atoms with Crippen LogP contribution in [0.3, 0.4) is 0 Å². The molecule has 0 atom stereocenters. The summed E-state index contributed by atoms with van der Waals surface area (Å²) in [4.78, 5) is 23.6. The number of carbonyl (C=O) groups excluding carboxylic acids is 2. The largest absolute Gasteiger partial charge is 0.463 e. The van der Waals surface area contributed by atoms with Gasteiger partial charge in [0.15, 0.2) is 0 Å². The zero-order valence-electron chi connectivity index (χ0n) is 26.8.